The van der Waals surface area contributed by atoms with Crippen molar-refractivity contribution in [3.05, 3.63) is 0 Å². The Kier molecular flexibility index (Phi) is 3.67. The summed E-state index contributed by atoms with van der Waals surface area (Å²) in [5, 5.41) is -0.598. The van der Waals surface area contributed by atoms with Gasteiger partial charge in [-0.05, 0) is 13.8 Å². The first kappa shape index (κ1) is 13.4. The van der Waals surface area contributed by atoms with E-state index in [1.807, 2.05) is 6.92 Å². The van der Waals surface area contributed by atoms with Gasteiger partial charge in [0.1, 0.15) is 0 Å². The number of carbonyl (C=O) groups is 2. The third-order valence-corrected chi connectivity index (χ3v) is 6.90. The molecule has 14 heavy (non-hydrogen) atoms. The van der Waals surface area contributed by atoms with Gasteiger partial charge in [0, 0.05) is 14.0 Å². The minimum absolute atomic E-state index is 0.0508. The second-order valence-electron chi connectivity index (χ2n) is 4.96. The maximum Gasteiger partial charge on any atom is 0.219 e. The Labute approximate surface area is 87.5 Å². The molecule has 1 atom stereocenters. The fourth-order valence-corrected chi connectivity index (χ4v) is 3.80. The first-order valence-corrected chi connectivity index (χ1v) is 8.30. The van der Waals surface area contributed by atoms with Gasteiger partial charge in [0.05, 0.1) is 13.2 Å². The summed E-state index contributed by atoms with van der Waals surface area (Å²) in [7, 11) is -0.0340. The van der Waals surface area contributed by atoms with Gasteiger partial charge in [-0.3, -0.25) is 9.59 Å². The fourth-order valence-electron chi connectivity index (χ4n) is 1.58. The van der Waals surface area contributed by atoms with Crippen LogP contribution in [0.4, 0.5) is 0 Å². The highest BCUT2D eigenvalue weighted by molar-refractivity contribution is 6.82. The Morgan fingerprint density at radius 2 is 1.50 bits per heavy atom. The highest BCUT2D eigenvalue weighted by Gasteiger charge is 2.47. The van der Waals surface area contributed by atoms with Gasteiger partial charge < -0.3 is 4.90 Å². The van der Waals surface area contributed by atoms with Gasteiger partial charge in [-0.1, -0.05) is 19.6 Å². The lowest BCUT2D eigenvalue weighted by atomic mass is 10.2. The van der Waals surface area contributed by atoms with E-state index >= 15 is 0 Å². The average molecular weight is 215 g/mol. The van der Waals surface area contributed by atoms with Crippen molar-refractivity contribution >= 4 is 19.8 Å². The summed E-state index contributed by atoms with van der Waals surface area (Å²) in [4.78, 5) is 24.6. The van der Waals surface area contributed by atoms with Crippen LogP contribution < -0.4 is 0 Å². The molecule has 0 heterocycles. The molecule has 0 saturated carbocycles. The third kappa shape index (κ3) is 2.05. The molecule has 0 saturated heterocycles. The molecule has 3 nitrogen and oxygen atoms in total. The molecule has 0 aliphatic carbocycles. The Bertz CT molecular complexity index is 257. The second kappa shape index (κ2) is 3.85. The van der Waals surface area contributed by atoms with Crippen molar-refractivity contribution in [1.82, 2.24) is 4.90 Å². The molecule has 0 spiro atoms. The Balaban J connectivity index is 5.33. The number of hydrogen-bond donors (Lipinski definition) is 0. The van der Waals surface area contributed by atoms with Crippen molar-refractivity contribution in [1.29, 1.82) is 0 Å². The number of nitrogens with zero attached hydrogens (tertiary/aromatic N) is 1. The maximum atomic E-state index is 11.7. The normalized spacial score (nSPS) is 15.9. The summed E-state index contributed by atoms with van der Waals surface area (Å²) < 4.78 is 0. The highest BCUT2D eigenvalue weighted by Crippen LogP contribution is 2.27. The van der Waals surface area contributed by atoms with E-state index in [9.17, 15) is 9.59 Å². The fraction of sp³-hybridized carbons (Fsp3) is 0.800. The molecule has 1 unspecified atom stereocenters. The van der Waals surface area contributed by atoms with E-state index in [0.29, 0.717) is 0 Å². The summed E-state index contributed by atoms with van der Waals surface area (Å²) in [6, 6.07) is 0. The van der Waals surface area contributed by atoms with Gasteiger partial charge in [-0.2, -0.15) is 0 Å². The average Bonchev–Trinajstić information content (AvgIpc) is 1.98. The largest absolute Gasteiger partial charge is 0.336 e. The lowest BCUT2D eigenvalue weighted by Gasteiger charge is -2.45. The number of likely N-dealkylation sites (N-methyl/N-ethyl adjacent to an activating group) is 1. The summed E-state index contributed by atoms with van der Waals surface area (Å²) in [6.45, 7) is 11.3. The molecule has 0 fully saturated rings. The molecule has 0 bridgehead atoms. The Hall–Kier alpha value is -0.643. The van der Waals surface area contributed by atoms with E-state index in [4.69, 9.17) is 0 Å². The minimum Gasteiger partial charge on any atom is -0.336 e. The number of amides is 1. The van der Waals surface area contributed by atoms with Gasteiger partial charge >= 0.3 is 0 Å². The molecule has 0 aromatic heterocycles. The van der Waals surface area contributed by atoms with Crippen LogP contribution in [0.15, 0.2) is 0 Å². The molecule has 1 amide bonds. The molecule has 0 aromatic carbocycles. The van der Waals surface area contributed by atoms with Gasteiger partial charge in [0.25, 0.3) is 0 Å². The standard InChI is InChI=1S/C10H21NO2Si/c1-8(12)10(3,14(5,6)7)11(4)9(2)13/h1-7H3. The van der Waals surface area contributed by atoms with E-state index in [1.165, 1.54) is 6.92 Å². The number of ketones is 1. The smallest absolute Gasteiger partial charge is 0.219 e. The molecule has 0 aliphatic rings. The van der Waals surface area contributed by atoms with Crippen LogP contribution in [-0.2, 0) is 9.59 Å². The summed E-state index contributed by atoms with van der Waals surface area (Å²) in [5.41, 5.74) is 0. The van der Waals surface area contributed by atoms with E-state index in [0.717, 1.165) is 0 Å². The molecular formula is C10H21NO2Si. The van der Waals surface area contributed by atoms with Gasteiger partial charge in [0.15, 0.2) is 5.78 Å². The van der Waals surface area contributed by atoms with Crippen molar-refractivity contribution in [2.45, 2.75) is 45.6 Å². The Morgan fingerprint density at radius 3 is 1.57 bits per heavy atom. The minimum atomic E-state index is -1.74. The molecule has 0 rings (SSSR count). The number of rotatable bonds is 3. The van der Waals surface area contributed by atoms with Crippen LogP contribution in [0.1, 0.15) is 20.8 Å². The first-order valence-electron chi connectivity index (χ1n) is 4.80. The van der Waals surface area contributed by atoms with Gasteiger partial charge in [-0.25, -0.2) is 0 Å². The van der Waals surface area contributed by atoms with E-state index in [-0.39, 0.29) is 11.7 Å². The predicted molar refractivity (Wildman–Crippen MR) is 60.9 cm³/mol. The monoisotopic (exact) mass is 215 g/mol. The van der Waals surface area contributed by atoms with Crippen molar-refractivity contribution in [2.24, 2.45) is 0 Å². The van der Waals surface area contributed by atoms with Crippen molar-refractivity contribution in [3.8, 4) is 0 Å². The Morgan fingerprint density at radius 1 is 1.14 bits per heavy atom. The summed E-state index contributed by atoms with van der Waals surface area (Å²) in [5.74, 6) is 0.0273. The van der Waals surface area contributed by atoms with Crippen molar-refractivity contribution in [3.63, 3.8) is 0 Å². The molecule has 82 valence electrons. The van der Waals surface area contributed by atoms with Crippen LogP contribution in [0.3, 0.4) is 0 Å². The molecule has 0 aliphatic heterocycles. The zero-order valence-electron chi connectivity index (χ0n) is 10.3. The third-order valence-electron chi connectivity index (χ3n) is 3.29. The van der Waals surface area contributed by atoms with Crippen LogP contribution in [-0.4, -0.2) is 36.9 Å². The van der Waals surface area contributed by atoms with Crippen molar-refractivity contribution in [2.75, 3.05) is 7.05 Å². The highest BCUT2D eigenvalue weighted by atomic mass is 28.3. The zero-order valence-corrected chi connectivity index (χ0v) is 11.3. The van der Waals surface area contributed by atoms with E-state index < -0.39 is 13.2 Å². The zero-order chi connectivity index (χ0) is 11.7. The maximum absolute atomic E-state index is 11.7. The predicted octanol–water partition coefficient (Wildman–Crippen LogP) is 1.69. The number of Topliss-reactive ketones (excluding diaryl/α,β-unsaturated/α-hetero) is 1. The number of carbonyl (C=O) groups excluding carboxylic acids is 2. The lowest BCUT2D eigenvalue weighted by Crippen LogP contribution is -2.65. The topological polar surface area (TPSA) is 37.4 Å². The summed E-state index contributed by atoms with van der Waals surface area (Å²) >= 11 is 0. The quantitative estimate of drug-likeness (QED) is 0.672. The first-order chi connectivity index (χ1) is 6.05. The number of hydrogen-bond acceptors (Lipinski definition) is 2. The van der Waals surface area contributed by atoms with Crippen LogP contribution >= 0.6 is 0 Å². The summed E-state index contributed by atoms with van der Waals surface area (Å²) in [6.07, 6.45) is 0. The molecule has 0 aromatic rings. The molecule has 0 N–H and O–H groups in total. The van der Waals surface area contributed by atoms with Gasteiger partial charge in [0.2, 0.25) is 5.91 Å². The lowest BCUT2D eigenvalue weighted by molar-refractivity contribution is -0.137. The van der Waals surface area contributed by atoms with Crippen molar-refractivity contribution < 1.29 is 9.59 Å². The van der Waals surface area contributed by atoms with Gasteiger partial charge in [-0.15, -0.1) is 0 Å². The van der Waals surface area contributed by atoms with Crippen LogP contribution in [0.2, 0.25) is 19.6 Å². The van der Waals surface area contributed by atoms with E-state index in [1.54, 1.807) is 18.9 Å². The molecule has 4 heteroatoms. The second-order valence-corrected chi connectivity index (χ2v) is 10.4. The van der Waals surface area contributed by atoms with Crippen LogP contribution in [0, 0.1) is 0 Å². The van der Waals surface area contributed by atoms with Crippen LogP contribution in [0.5, 0.6) is 0 Å². The SMILES string of the molecule is CC(=O)N(C)C(C)(C(C)=O)[Si](C)(C)C. The molecular weight excluding hydrogens is 194 g/mol. The van der Waals surface area contributed by atoms with E-state index in [2.05, 4.69) is 19.6 Å². The van der Waals surface area contributed by atoms with Crippen LogP contribution in [0.25, 0.3) is 0 Å². The molecule has 0 radical (unpaired) electrons.